The minimum Gasteiger partial charge on any atom is -0.461 e. The van der Waals surface area contributed by atoms with E-state index in [9.17, 15) is 9.59 Å². The number of hydrogen-bond acceptors (Lipinski definition) is 4. The Morgan fingerprint density at radius 3 is 2.20 bits per heavy atom. The van der Waals surface area contributed by atoms with Gasteiger partial charge in [0.2, 0.25) is 0 Å². The highest BCUT2D eigenvalue weighted by Gasteiger charge is 2.04. The standard InChI is InChI=1S/C11H16O4/c1-3-9-15-11(13)8-6-5-7-10(12)14-4-2/h3-4H,1-2,5-9H2. The van der Waals surface area contributed by atoms with Crippen molar-refractivity contribution in [3.8, 4) is 0 Å². The Morgan fingerprint density at radius 2 is 1.67 bits per heavy atom. The first-order valence-corrected chi connectivity index (χ1v) is 4.77. The van der Waals surface area contributed by atoms with Gasteiger partial charge in [-0.1, -0.05) is 19.2 Å². The predicted molar refractivity (Wildman–Crippen MR) is 55.9 cm³/mol. The maximum atomic E-state index is 11.0. The molecule has 0 bridgehead atoms. The van der Waals surface area contributed by atoms with Crippen LogP contribution in [0.5, 0.6) is 0 Å². The molecule has 84 valence electrons. The van der Waals surface area contributed by atoms with Crippen molar-refractivity contribution >= 4 is 11.9 Å². The Bertz CT molecular complexity index is 233. The fraction of sp³-hybridized carbons (Fsp3) is 0.455. The van der Waals surface area contributed by atoms with E-state index in [0.29, 0.717) is 25.7 Å². The third-order valence-corrected chi connectivity index (χ3v) is 1.59. The minimum absolute atomic E-state index is 0.233. The molecule has 0 aliphatic heterocycles. The molecule has 0 saturated heterocycles. The van der Waals surface area contributed by atoms with E-state index in [1.165, 1.54) is 6.08 Å². The maximum Gasteiger partial charge on any atom is 0.310 e. The van der Waals surface area contributed by atoms with E-state index in [2.05, 4.69) is 17.9 Å². The van der Waals surface area contributed by atoms with Crippen LogP contribution in [-0.4, -0.2) is 18.5 Å². The summed E-state index contributed by atoms with van der Waals surface area (Å²) in [5.74, 6) is -0.601. The van der Waals surface area contributed by atoms with Crippen LogP contribution in [0.25, 0.3) is 0 Å². The average molecular weight is 212 g/mol. The molecule has 0 saturated carbocycles. The Kier molecular flexibility index (Phi) is 8.05. The van der Waals surface area contributed by atoms with Crippen molar-refractivity contribution in [3.63, 3.8) is 0 Å². The topological polar surface area (TPSA) is 52.6 Å². The van der Waals surface area contributed by atoms with E-state index in [4.69, 9.17) is 4.74 Å². The fourth-order valence-electron chi connectivity index (χ4n) is 0.915. The molecule has 0 aromatic carbocycles. The van der Waals surface area contributed by atoms with E-state index in [1.807, 2.05) is 0 Å². The van der Waals surface area contributed by atoms with Gasteiger partial charge in [-0.2, -0.15) is 0 Å². The smallest absolute Gasteiger partial charge is 0.310 e. The van der Waals surface area contributed by atoms with Gasteiger partial charge in [-0.3, -0.25) is 9.59 Å². The zero-order chi connectivity index (χ0) is 11.5. The largest absolute Gasteiger partial charge is 0.461 e. The Labute approximate surface area is 89.6 Å². The molecule has 0 fully saturated rings. The fourth-order valence-corrected chi connectivity index (χ4v) is 0.915. The lowest BCUT2D eigenvalue weighted by Crippen LogP contribution is -2.05. The molecule has 0 aromatic rings. The van der Waals surface area contributed by atoms with Crippen LogP contribution >= 0.6 is 0 Å². The van der Waals surface area contributed by atoms with Crippen LogP contribution < -0.4 is 0 Å². The minimum atomic E-state index is -0.329. The third-order valence-electron chi connectivity index (χ3n) is 1.59. The first kappa shape index (κ1) is 13.4. The summed E-state index contributed by atoms with van der Waals surface area (Å²) < 4.78 is 9.27. The van der Waals surface area contributed by atoms with Gasteiger partial charge in [0.15, 0.2) is 0 Å². The van der Waals surface area contributed by atoms with Gasteiger partial charge in [-0.05, 0) is 12.8 Å². The Balaban J connectivity index is 3.37. The van der Waals surface area contributed by atoms with Crippen LogP contribution in [0.2, 0.25) is 0 Å². The monoisotopic (exact) mass is 212 g/mol. The molecule has 15 heavy (non-hydrogen) atoms. The second-order valence-electron chi connectivity index (χ2n) is 2.84. The first-order chi connectivity index (χ1) is 7.20. The van der Waals surface area contributed by atoms with Crippen molar-refractivity contribution in [2.24, 2.45) is 0 Å². The van der Waals surface area contributed by atoms with Crippen LogP contribution in [0.15, 0.2) is 25.5 Å². The van der Waals surface area contributed by atoms with Crippen molar-refractivity contribution in [3.05, 3.63) is 25.5 Å². The van der Waals surface area contributed by atoms with Gasteiger partial charge < -0.3 is 9.47 Å². The Morgan fingerprint density at radius 1 is 1.07 bits per heavy atom. The summed E-state index contributed by atoms with van der Waals surface area (Å²) in [6, 6.07) is 0. The van der Waals surface area contributed by atoms with E-state index in [-0.39, 0.29) is 18.5 Å². The number of unbranched alkanes of at least 4 members (excludes halogenated alkanes) is 1. The van der Waals surface area contributed by atoms with Crippen molar-refractivity contribution in [2.75, 3.05) is 6.61 Å². The molecule has 4 heteroatoms. The second kappa shape index (κ2) is 8.99. The van der Waals surface area contributed by atoms with Crippen molar-refractivity contribution in [1.82, 2.24) is 0 Å². The molecule has 4 nitrogen and oxygen atoms in total. The number of esters is 2. The lowest BCUT2D eigenvalue weighted by molar-refractivity contribution is -0.143. The Hall–Kier alpha value is -1.58. The summed E-state index contributed by atoms with van der Waals surface area (Å²) in [4.78, 5) is 21.8. The van der Waals surface area contributed by atoms with Crippen LogP contribution in [0.4, 0.5) is 0 Å². The number of carbonyl (C=O) groups is 2. The molecule has 0 aliphatic carbocycles. The summed E-state index contributed by atoms with van der Waals surface area (Å²) in [7, 11) is 0. The zero-order valence-corrected chi connectivity index (χ0v) is 8.74. The van der Waals surface area contributed by atoms with Crippen molar-refractivity contribution in [1.29, 1.82) is 0 Å². The summed E-state index contributed by atoms with van der Waals surface area (Å²) >= 11 is 0. The molecule has 0 radical (unpaired) electrons. The van der Waals surface area contributed by atoms with Gasteiger partial charge in [-0.25, -0.2) is 0 Å². The molecule has 0 rings (SSSR count). The molecule has 0 aliphatic rings. The highest BCUT2D eigenvalue weighted by Crippen LogP contribution is 2.02. The summed E-state index contributed by atoms with van der Waals surface area (Å²) in [6.45, 7) is 6.92. The van der Waals surface area contributed by atoms with E-state index in [1.54, 1.807) is 0 Å². The van der Waals surface area contributed by atoms with Crippen LogP contribution in [0.3, 0.4) is 0 Å². The molecule has 0 unspecified atom stereocenters. The van der Waals surface area contributed by atoms with Gasteiger partial charge in [-0.15, -0.1) is 0 Å². The summed E-state index contributed by atoms with van der Waals surface area (Å²) in [6.07, 6.45) is 4.44. The number of hydrogen-bond donors (Lipinski definition) is 0. The van der Waals surface area contributed by atoms with Gasteiger partial charge in [0.25, 0.3) is 0 Å². The molecule has 0 atom stereocenters. The molecule has 0 heterocycles. The van der Waals surface area contributed by atoms with E-state index in [0.717, 1.165) is 6.26 Å². The molecule has 0 amide bonds. The van der Waals surface area contributed by atoms with Gasteiger partial charge in [0.05, 0.1) is 6.26 Å². The van der Waals surface area contributed by atoms with Crippen LogP contribution in [0.1, 0.15) is 25.7 Å². The molecule has 0 N–H and O–H groups in total. The SMILES string of the molecule is C=CCOC(=O)CCCCC(=O)OC=C. The molecule has 0 spiro atoms. The van der Waals surface area contributed by atoms with Gasteiger partial charge in [0.1, 0.15) is 6.61 Å². The average Bonchev–Trinajstić information content (AvgIpc) is 2.22. The van der Waals surface area contributed by atoms with Crippen LogP contribution in [-0.2, 0) is 19.1 Å². The normalized spacial score (nSPS) is 9.07. The number of carbonyl (C=O) groups excluding carboxylic acids is 2. The highest BCUT2D eigenvalue weighted by molar-refractivity contribution is 5.70. The van der Waals surface area contributed by atoms with E-state index < -0.39 is 0 Å². The lowest BCUT2D eigenvalue weighted by Gasteiger charge is -2.01. The quantitative estimate of drug-likeness (QED) is 0.267. The highest BCUT2D eigenvalue weighted by atomic mass is 16.5. The predicted octanol–water partition coefficient (Wildman–Crippen LogP) is 1.96. The van der Waals surface area contributed by atoms with Gasteiger partial charge >= 0.3 is 11.9 Å². The zero-order valence-electron chi connectivity index (χ0n) is 8.74. The lowest BCUT2D eigenvalue weighted by atomic mass is 10.2. The molecular formula is C11H16O4. The van der Waals surface area contributed by atoms with Crippen LogP contribution in [0, 0.1) is 0 Å². The molecule has 0 aromatic heterocycles. The molecular weight excluding hydrogens is 196 g/mol. The van der Waals surface area contributed by atoms with E-state index >= 15 is 0 Å². The van der Waals surface area contributed by atoms with Gasteiger partial charge in [0, 0.05) is 12.8 Å². The number of rotatable bonds is 8. The summed E-state index contributed by atoms with van der Waals surface area (Å²) in [5.41, 5.74) is 0. The maximum absolute atomic E-state index is 11.0. The third kappa shape index (κ3) is 8.74. The van der Waals surface area contributed by atoms with Crippen molar-refractivity contribution < 1.29 is 19.1 Å². The first-order valence-electron chi connectivity index (χ1n) is 4.77. The van der Waals surface area contributed by atoms with Crippen molar-refractivity contribution in [2.45, 2.75) is 25.7 Å². The second-order valence-corrected chi connectivity index (χ2v) is 2.84. The summed E-state index contributed by atoms with van der Waals surface area (Å²) in [5, 5.41) is 0. The number of ether oxygens (including phenoxy) is 2.